The number of fused-ring (bicyclic) bond motifs is 1. The first kappa shape index (κ1) is 13.1. The summed E-state index contributed by atoms with van der Waals surface area (Å²) in [5, 5.41) is 12.2. The molecule has 3 rings (SSSR count). The molecule has 0 aliphatic heterocycles. The number of aromatic hydroxyl groups is 1. The molecule has 0 saturated carbocycles. The number of hydrogen-bond donors (Lipinski definition) is 1. The molecule has 0 unspecified atom stereocenters. The first-order valence-electron chi connectivity index (χ1n) is 6.18. The van der Waals surface area contributed by atoms with Crippen LogP contribution in [0.2, 0.25) is 0 Å². The Hall–Kier alpha value is -1.88. The molecule has 3 heteroatoms. The molecular weight excluding hydrogens is 363 g/mol. The third kappa shape index (κ3) is 2.18. The van der Waals surface area contributed by atoms with Gasteiger partial charge in [-0.1, -0.05) is 54.6 Å². The van der Waals surface area contributed by atoms with Crippen LogP contribution in [-0.2, 0) is 0 Å². The Balaban J connectivity index is 2.22. The van der Waals surface area contributed by atoms with Gasteiger partial charge in [0.2, 0.25) is 0 Å². The van der Waals surface area contributed by atoms with Gasteiger partial charge in [-0.05, 0) is 39.4 Å². The van der Waals surface area contributed by atoms with Gasteiger partial charge in [-0.15, -0.1) is 0 Å². The smallest absolute Gasteiger partial charge is 0.196 e. The number of ketones is 1. The molecule has 0 aromatic heterocycles. The van der Waals surface area contributed by atoms with Crippen molar-refractivity contribution in [3.8, 4) is 5.75 Å². The molecule has 3 aromatic carbocycles. The summed E-state index contributed by atoms with van der Waals surface area (Å²) in [6, 6.07) is 18.5. The Morgan fingerprint density at radius 1 is 0.950 bits per heavy atom. The van der Waals surface area contributed by atoms with Gasteiger partial charge in [0.1, 0.15) is 5.75 Å². The lowest BCUT2D eigenvalue weighted by Gasteiger charge is -2.09. The Labute approximate surface area is 130 Å². The third-order valence-corrected chi connectivity index (χ3v) is 4.33. The highest BCUT2D eigenvalue weighted by molar-refractivity contribution is 14.1. The maximum Gasteiger partial charge on any atom is 0.196 e. The molecule has 20 heavy (non-hydrogen) atoms. The zero-order chi connectivity index (χ0) is 14.1. The number of carbonyl (C=O) groups excluding carboxylic acids is 1. The standard InChI is InChI=1S/C17H11IO2/c18-15-13-9-5-4-8-12(13)10-14(17(15)20)16(19)11-6-2-1-3-7-11/h1-10,20H. The minimum atomic E-state index is -0.160. The molecule has 0 fully saturated rings. The highest BCUT2D eigenvalue weighted by Gasteiger charge is 2.17. The fraction of sp³-hybridized carbons (Fsp3) is 0. The van der Waals surface area contributed by atoms with Crippen molar-refractivity contribution < 1.29 is 9.90 Å². The lowest BCUT2D eigenvalue weighted by atomic mass is 9.99. The minimum absolute atomic E-state index is 0.0538. The first-order valence-corrected chi connectivity index (χ1v) is 7.26. The maximum absolute atomic E-state index is 12.5. The predicted molar refractivity (Wildman–Crippen MR) is 88.2 cm³/mol. The van der Waals surface area contributed by atoms with Crippen molar-refractivity contribution in [2.45, 2.75) is 0 Å². The number of benzene rings is 3. The average molecular weight is 374 g/mol. The second kappa shape index (κ2) is 5.25. The first-order chi connectivity index (χ1) is 9.68. The van der Waals surface area contributed by atoms with E-state index in [-0.39, 0.29) is 11.5 Å². The molecule has 0 saturated heterocycles. The molecule has 98 valence electrons. The average Bonchev–Trinajstić information content (AvgIpc) is 2.51. The number of carbonyl (C=O) groups is 1. The van der Waals surface area contributed by atoms with Crippen LogP contribution >= 0.6 is 22.6 Å². The van der Waals surface area contributed by atoms with E-state index in [0.717, 1.165) is 10.8 Å². The summed E-state index contributed by atoms with van der Waals surface area (Å²) in [6.45, 7) is 0. The van der Waals surface area contributed by atoms with Gasteiger partial charge in [0, 0.05) is 5.56 Å². The number of hydrogen-bond acceptors (Lipinski definition) is 2. The molecule has 1 N–H and O–H groups in total. The summed E-state index contributed by atoms with van der Waals surface area (Å²) in [5.74, 6) is -0.107. The van der Waals surface area contributed by atoms with Gasteiger partial charge in [0.15, 0.2) is 5.78 Å². The molecule has 0 atom stereocenters. The second-order valence-electron chi connectivity index (χ2n) is 4.50. The predicted octanol–water partition coefficient (Wildman–Crippen LogP) is 4.38. The summed E-state index contributed by atoms with van der Waals surface area (Å²) in [4.78, 5) is 12.5. The van der Waals surface area contributed by atoms with Gasteiger partial charge in [0.25, 0.3) is 0 Å². The molecule has 0 aliphatic rings. The zero-order valence-corrected chi connectivity index (χ0v) is 12.7. The van der Waals surface area contributed by atoms with E-state index in [1.807, 2.05) is 42.5 Å². The Morgan fingerprint density at radius 2 is 1.60 bits per heavy atom. The summed E-state index contributed by atoms with van der Waals surface area (Å²) < 4.78 is 0.708. The lowest BCUT2D eigenvalue weighted by Crippen LogP contribution is -2.02. The molecule has 0 amide bonds. The number of rotatable bonds is 2. The molecular formula is C17H11IO2. The van der Waals surface area contributed by atoms with Crippen LogP contribution in [0.15, 0.2) is 60.7 Å². The lowest BCUT2D eigenvalue weighted by molar-refractivity contribution is 0.103. The fourth-order valence-corrected chi connectivity index (χ4v) is 2.99. The quantitative estimate of drug-likeness (QED) is 0.534. The Bertz CT molecular complexity index is 795. The van der Waals surface area contributed by atoms with Crippen molar-refractivity contribution in [3.05, 3.63) is 75.4 Å². The van der Waals surface area contributed by atoms with Gasteiger partial charge in [-0.3, -0.25) is 4.79 Å². The summed E-state index contributed by atoms with van der Waals surface area (Å²) in [7, 11) is 0. The number of halogens is 1. The van der Waals surface area contributed by atoms with E-state index in [9.17, 15) is 9.90 Å². The van der Waals surface area contributed by atoms with E-state index in [0.29, 0.717) is 14.7 Å². The Kier molecular flexibility index (Phi) is 3.44. The molecule has 2 nitrogen and oxygen atoms in total. The highest BCUT2D eigenvalue weighted by atomic mass is 127. The van der Waals surface area contributed by atoms with Crippen molar-refractivity contribution in [3.63, 3.8) is 0 Å². The molecule has 0 aliphatic carbocycles. The van der Waals surface area contributed by atoms with Crippen molar-refractivity contribution in [1.29, 1.82) is 0 Å². The monoisotopic (exact) mass is 374 g/mol. The number of phenols is 1. The van der Waals surface area contributed by atoms with Gasteiger partial charge < -0.3 is 5.11 Å². The van der Waals surface area contributed by atoms with Gasteiger partial charge in [0.05, 0.1) is 9.13 Å². The van der Waals surface area contributed by atoms with Gasteiger partial charge in [-0.2, -0.15) is 0 Å². The van der Waals surface area contributed by atoms with E-state index in [2.05, 4.69) is 22.6 Å². The maximum atomic E-state index is 12.5. The van der Waals surface area contributed by atoms with Crippen molar-refractivity contribution in [2.75, 3.05) is 0 Å². The summed E-state index contributed by atoms with van der Waals surface area (Å²) >= 11 is 2.08. The van der Waals surface area contributed by atoms with Crippen LogP contribution in [0.3, 0.4) is 0 Å². The van der Waals surface area contributed by atoms with Crippen LogP contribution in [0, 0.1) is 3.57 Å². The topological polar surface area (TPSA) is 37.3 Å². The Morgan fingerprint density at radius 3 is 2.35 bits per heavy atom. The van der Waals surface area contributed by atoms with E-state index >= 15 is 0 Å². The molecule has 0 spiro atoms. The van der Waals surface area contributed by atoms with Crippen molar-refractivity contribution in [2.24, 2.45) is 0 Å². The minimum Gasteiger partial charge on any atom is -0.506 e. The van der Waals surface area contributed by atoms with Crippen LogP contribution in [-0.4, -0.2) is 10.9 Å². The number of phenolic OH excluding ortho intramolecular Hbond substituents is 1. The van der Waals surface area contributed by atoms with Crippen LogP contribution in [0.25, 0.3) is 10.8 Å². The van der Waals surface area contributed by atoms with Crippen LogP contribution < -0.4 is 0 Å². The van der Waals surface area contributed by atoms with E-state index < -0.39 is 0 Å². The van der Waals surface area contributed by atoms with Gasteiger partial charge >= 0.3 is 0 Å². The van der Waals surface area contributed by atoms with Gasteiger partial charge in [-0.25, -0.2) is 0 Å². The zero-order valence-electron chi connectivity index (χ0n) is 10.5. The van der Waals surface area contributed by atoms with Crippen LogP contribution in [0.4, 0.5) is 0 Å². The summed E-state index contributed by atoms with van der Waals surface area (Å²) in [6.07, 6.45) is 0. The molecule has 0 heterocycles. The van der Waals surface area contributed by atoms with E-state index in [4.69, 9.17) is 0 Å². The molecule has 0 radical (unpaired) electrons. The largest absolute Gasteiger partial charge is 0.506 e. The second-order valence-corrected chi connectivity index (χ2v) is 5.58. The molecule has 3 aromatic rings. The molecule has 0 bridgehead atoms. The third-order valence-electron chi connectivity index (χ3n) is 3.24. The summed E-state index contributed by atoms with van der Waals surface area (Å²) in [5.41, 5.74) is 0.924. The van der Waals surface area contributed by atoms with Crippen molar-refractivity contribution in [1.82, 2.24) is 0 Å². The fourth-order valence-electron chi connectivity index (χ4n) is 2.21. The van der Waals surface area contributed by atoms with E-state index in [1.165, 1.54) is 0 Å². The SMILES string of the molecule is O=C(c1ccccc1)c1cc2ccccc2c(I)c1O. The van der Waals surface area contributed by atoms with Crippen LogP contribution in [0.1, 0.15) is 15.9 Å². The van der Waals surface area contributed by atoms with Crippen LogP contribution in [0.5, 0.6) is 5.75 Å². The normalized spacial score (nSPS) is 10.7. The van der Waals surface area contributed by atoms with Crippen molar-refractivity contribution >= 4 is 39.1 Å². The van der Waals surface area contributed by atoms with E-state index in [1.54, 1.807) is 18.2 Å². The highest BCUT2D eigenvalue weighted by Crippen LogP contribution is 2.33.